The molecule has 0 amide bonds. The molecule has 3 aliphatic rings. The second-order valence-electron chi connectivity index (χ2n) is 6.08. The predicted molar refractivity (Wildman–Crippen MR) is 68.1 cm³/mol. The molecular formula is C13H25N3O. The van der Waals surface area contributed by atoms with Crippen LogP contribution in [0.15, 0.2) is 0 Å². The molecule has 1 aliphatic carbocycles. The lowest BCUT2D eigenvalue weighted by Crippen LogP contribution is -2.59. The summed E-state index contributed by atoms with van der Waals surface area (Å²) in [5, 5.41) is 13.3. The first-order valence-corrected chi connectivity index (χ1v) is 7.07. The summed E-state index contributed by atoms with van der Waals surface area (Å²) >= 11 is 0. The highest BCUT2D eigenvalue weighted by atomic mass is 16.3. The van der Waals surface area contributed by atoms with Crippen LogP contribution in [0.25, 0.3) is 0 Å². The Kier molecular flexibility index (Phi) is 3.15. The summed E-state index contributed by atoms with van der Waals surface area (Å²) in [5.74, 6) is 0. The highest BCUT2D eigenvalue weighted by Crippen LogP contribution is 2.39. The summed E-state index contributed by atoms with van der Waals surface area (Å²) in [7, 11) is 0. The van der Waals surface area contributed by atoms with Gasteiger partial charge in [0.1, 0.15) is 0 Å². The molecule has 2 unspecified atom stereocenters. The molecule has 4 nitrogen and oxygen atoms in total. The minimum absolute atomic E-state index is 0.0457. The molecule has 0 bridgehead atoms. The van der Waals surface area contributed by atoms with Crippen molar-refractivity contribution in [2.75, 3.05) is 39.3 Å². The molecule has 2 saturated heterocycles. The van der Waals surface area contributed by atoms with E-state index in [0.29, 0.717) is 12.6 Å². The minimum atomic E-state index is 0.0457. The van der Waals surface area contributed by atoms with E-state index in [1.165, 1.54) is 12.8 Å². The molecular weight excluding hydrogens is 214 g/mol. The number of likely N-dealkylation sites (tertiary alicyclic amines) is 1. The smallest absolute Gasteiger partial charge is 0.0628 e. The maximum absolute atomic E-state index is 9.92. The molecule has 98 valence electrons. The Labute approximate surface area is 104 Å². The van der Waals surface area contributed by atoms with Crippen LogP contribution >= 0.6 is 0 Å². The number of hydrogen-bond acceptors (Lipinski definition) is 4. The van der Waals surface area contributed by atoms with Crippen LogP contribution in [0.3, 0.4) is 0 Å². The van der Waals surface area contributed by atoms with Crippen molar-refractivity contribution < 1.29 is 5.11 Å². The van der Waals surface area contributed by atoms with Crippen molar-refractivity contribution in [1.82, 2.24) is 15.1 Å². The van der Waals surface area contributed by atoms with E-state index in [-0.39, 0.29) is 5.54 Å². The average molecular weight is 239 g/mol. The molecule has 4 heteroatoms. The van der Waals surface area contributed by atoms with Gasteiger partial charge in [-0.2, -0.15) is 0 Å². The van der Waals surface area contributed by atoms with E-state index >= 15 is 0 Å². The van der Waals surface area contributed by atoms with E-state index in [1.807, 2.05) is 0 Å². The fourth-order valence-corrected chi connectivity index (χ4v) is 3.71. The van der Waals surface area contributed by atoms with Crippen LogP contribution in [0.4, 0.5) is 0 Å². The van der Waals surface area contributed by atoms with Gasteiger partial charge in [0.15, 0.2) is 0 Å². The van der Waals surface area contributed by atoms with E-state index in [1.54, 1.807) is 0 Å². The first kappa shape index (κ1) is 11.9. The normalized spacial score (nSPS) is 40.9. The molecule has 0 aromatic heterocycles. The Bertz CT molecular complexity index is 276. The Hall–Kier alpha value is -0.160. The standard InChI is InChI=1S/C13H25N3O/c1-11-8-13(10-17,9-16(11)12-2-3-12)15-6-4-14-5-7-15/h11-12,14,17H,2-10H2,1H3. The molecule has 0 spiro atoms. The molecule has 1 saturated carbocycles. The van der Waals surface area contributed by atoms with Gasteiger partial charge in [-0.05, 0) is 26.2 Å². The van der Waals surface area contributed by atoms with Gasteiger partial charge < -0.3 is 10.4 Å². The van der Waals surface area contributed by atoms with Gasteiger partial charge in [-0.3, -0.25) is 9.80 Å². The van der Waals surface area contributed by atoms with Gasteiger partial charge >= 0.3 is 0 Å². The number of piperazine rings is 1. The van der Waals surface area contributed by atoms with Crippen molar-refractivity contribution in [2.24, 2.45) is 0 Å². The molecule has 2 N–H and O–H groups in total. The van der Waals surface area contributed by atoms with E-state index in [4.69, 9.17) is 0 Å². The van der Waals surface area contributed by atoms with Gasteiger partial charge in [0.2, 0.25) is 0 Å². The zero-order valence-electron chi connectivity index (χ0n) is 10.9. The Balaban J connectivity index is 1.73. The van der Waals surface area contributed by atoms with Crippen LogP contribution in [0.2, 0.25) is 0 Å². The predicted octanol–water partition coefficient (Wildman–Crippen LogP) is -0.121. The second kappa shape index (κ2) is 4.50. The van der Waals surface area contributed by atoms with Gasteiger partial charge in [0.05, 0.1) is 12.1 Å². The van der Waals surface area contributed by atoms with E-state index in [9.17, 15) is 5.11 Å². The molecule has 0 radical (unpaired) electrons. The van der Waals surface area contributed by atoms with Gasteiger partial charge in [0, 0.05) is 44.8 Å². The van der Waals surface area contributed by atoms with Gasteiger partial charge in [-0.25, -0.2) is 0 Å². The Morgan fingerprint density at radius 1 is 1.29 bits per heavy atom. The number of hydrogen-bond donors (Lipinski definition) is 2. The third-order valence-electron chi connectivity index (χ3n) is 4.82. The number of nitrogens with zero attached hydrogens (tertiary/aromatic N) is 2. The first-order valence-electron chi connectivity index (χ1n) is 7.07. The van der Waals surface area contributed by atoms with Crippen molar-refractivity contribution in [2.45, 2.75) is 43.8 Å². The second-order valence-corrected chi connectivity index (χ2v) is 6.08. The van der Waals surface area contributed by atoms with Crippen molar-refractivity contribution >= 4 is 0 Å². The molecule has 0 aromatic rings. The van der Waals surface area contributed by atoms with Crippen LogP contribution in [0.5, 0.6) is 0 Å². The summed E-state index contributed by atoms with van der Waals surface area (Å²) in [4.78, 5) is 5.17. The zero-order chi connectivity index (χ0) is 11.9. The van der Waals surface area contributed by atoms with Crippen molar-refractivity contribution in [3.8, 4) is 0 Å². The van der Waals surface area contributed by atoms with Crippen molar-refractivity contribution in [1.29, 1.82) is 0 Å². The molecule has 2 heterocycles. The quantitative estimate of drug-likeness (QED) is 0.720. The van der Waals surface area contributed by atoms with E-state index in [2.05, 4.69) is 22.0 Å². The molecule has 3 rings (SSSR count). The van der Waals surface area contributed by atoms with Crippen LogP contribution in [0, 0.1) is 0 Å². The molecule has 2 aliphatic heterocycles. The number of aliphatic hydroxyl groups excluding tert-OH is 1. The largest absolute Gasteiger partial charge is 0.394 e. The fourth-order valence-electron chi connectivity index (χ4n) is 3.71. The summed E-state index contributed by atoms with van der Waals surface area (Å²) in [6.45, 7) is 8.05. The summed E-state index contributed by atoms with van der Waals surface area (Å²) in [5.41, 5.74) is 0.0457. The lowest BCUT2D eigenvalue weighted by atomic mass is 9.94. The Morgan fingerprint density at radius 2 is 2.00 bits per heavy atom. The first-order chi connectivity index (χ1) is 8.25. The minimum Gasteiger partial charge on any atom is -0.394 e. The van der Waals surface area contributed by atoms with Crippen molar-refractivity contribution in [3.05, 3.63) is 0 Å². The average Bonchev–Trinajstić information content (AvgIpc) is 3.15. The number of rotatable bonds is 3. The lowest BCUT2D eigenvalue weighted by molar-refractivity contribution is 0.0262. The maximum atomic E-state index is 9.92. The lowest BCUT2D eigenvalue weighted by Gasteiger charge is -2.42. The fraction of sp³-hybridized carbons (Fsp3) is 1.00. The highest BCUT2D eigenvalue weighted by molar-refractivity contribution is 5.06. The Morgan fingerprint density at radius 3 is 2.59 bits per heavy atom. The van der Waals surface area contributed by atoms with Crippen molar-refractivity contribution in [3.63, 3.8) is 0 Å². The summed E-state index contributed by atoms with van der Waals surface area (Å²) in [6.07, 6.45) is 3.88. The van der Waals surface area contributed by atoms with Gasteiger partial charge in [0.25, 0.3) is 0 Å². The number of aliphatic hydroxyl groups is 1. The molecule has 3 fully saturated rings. The monoisotopic (exact) mass is 239 g/mol. The van der Waals surface area contributed by atoms with Crippen LogP contribution in [0.1, 0.15) is 26.2 Å². The van der Waals surface area contributed by atoms with Crippen LogP contribution in [-0.2, 0) is 0 Å². The summed E-state index contributed by atoms with van der Waals surface area (Å²) in [6, 6.07) is 1.46. The van der Waals surface area contributed by atoms with E-state index < -0.39 is 0 Å². The topological polar surface area (TPSA) is 38.7 Å². The summed E-state index contributed by atoms with van der Waals surface area (Å²) < 4.78 is 0. The molecule has 2 atom stereocenters. The van der Waals surface area contributed by atoms with Gasteiger partial charge in [-0.1, -0.05) is 0 Å². The SMILES string of the molecule is CC1CC(CO)(N2CCNCC2)CN1C1CC1. The van der Waals surface area contributed by atoms with Crippen LogP contribution in [-0.4, -0.2) is 71.9 Å². The van der Waals surface area contributed by atoms with E-state index in [0.717, 1.165) is 45.2 Å². The highest BCUT2D eigenvalue weighted by Gasteiger charge is 2.49. The molecule has 0 aromatic carbocycles. The third kappa shape index (κ3) is 2.12. The number of nitrogens with one attached hydrogen (secondary N) is 1. The van der Waals surface area contributed by atoms with Gasteiger partial charge in [-0.15, -0.1) is 0 Å². The zero-order valence-corrected chi connectivity index (χ0v) is 10.9. The third-order valence-corrected chi connectivity index (χ3v) is 4.82. The molecule has 17 heavy (non-hydrogen) atoms. The maximum Gasteiger partial charge on any atom is 0.0628 e. The van der Waals surface area contributed by atoms with Crippen LogP contribution < -0.4 is 5.32 Å².